The Balaban J connectivity index is 1.50. The lowest BCUT2D eigenvalue weighted by Crippen LogP contribution is -2.50. The Kier molecular flexibility index (Phi) is 5.87. The number of ether oxygens (including phenoxy) is 1. The molecule has 1 aliphatic heterocycles. The van der Waals surface area contributed by atoms with E-state index >= 15 is 0 Å². The Bertz CT molecular complexity index is 628. The highest BCUT2D eigenvalue weighted by Crippen LogP contribution is 2.15. The summed E-state index contributed by atoms with van der Waals surface area (Å²) in [5.74, 6) is 0.797. The van der Waals surface area contributed by atoms with Crippen LogP contribution in [0.5, 0.6) is 0 Å². The van der Waals surface area contributed by atoms with Gasteiger partial charge >= 0.3 is 0 Å². The number of aromatic nitrogens is 2. The zero-order valence-corrected chi connectivity index (χ0v) is 13.7. The lowest BCUT2D eigenvalue weighted by Gasteiger charge is -2.26. The molecule has 1 saturated heterocycles. The molecule has 1 atom stereocenters. The van der Waals surface area contributed by atoms with Gasteiger partial charge in [0.05, 0.1) is 18.9 Å². The van der Waals surface area contributed by atoms with Crippen molar-refractivity contribution in [3.05, 3.63) is 48.4 Å². The van der Waals surface area contributed by atoms with Crippen LogP contribution in [-0.4, -0.2) is 60.1 Å². The van der Waals surface area contributed by atoms with Crippen LogP contribution in [0.15, 0.2) is 42.6 Å². The molecule has 6 heteroatoms. The molecule has 2 aromatic rings. The van der Waals surface area contributed by atoms with Crippen molar-refractivity contribution >= 4 is 0 Å². The number of hydrogen-bond acceptors (Lipinski definition) is 6. The predicted octanol–water partition coefficient (Wildman–Crippen LogP) is 0.627. The molecule has 0 radical (unpaired) electrons. The maximum absolute atomic E-state index is 10.5. The van der Waals surface area contributed by atoms with Gasteiger partial charge in [0.25, 0.3) is 0 Å². The molecule has 24 heavy (non-hydrogen) atoms. The summed E-state index contributed by atoms with van der Waals surface area (Å²) >= 11 is 0. The van der Waals surface area contributed by atoms with Crippen molar-refractivity contribution in [3.63, 3.8) is 0 Å². The largest absolute Gasteiger partial charge is 0.385 e. The third-order valence-corrected chi connectivity index (χ3v) is 4.00. The molecule has 0 bridgehead atoms. The molecule has 0 saturated carbocycles. The molecular formula is C18H24N4O2. The first kappa shape index (κ1) is 17.0. The highest BCUT2D eigenvalue weighted by molar-refractivity contribution is 5.58. The zero-order chi connectivity index (χ0) is 16.7. The van der Waals surface area contributed by atoms with Gasteiger partial charge in [0.15, 0.2) is 0 Å². The number of β-amino-alcohol motifs (C(OH)–C–C–N with tert-alkyl or cyclic N) is 1. The Labute approximate surface area is 142 Å². The SMILES string of the molecule is O[C@@]1(CNCCc2nccc(-c3ccccc3)n2)CNCCOC1. The van der Waals surface area contributed by atoms with Crippen molar-refractivity contribution in [1.82, 2.24) is 20.6 Å². The molecule has 6 nitrogen and oxygen atoms in total. The number of benzene rings is 1. The summed E-state index contributed by atoms with van der Waals surface area (Å²) in [6, 6.07) is 12.0. The second-order valence-corrected chi connectivity index (χ2v) is 6.10. The first-order chi connectivity index (χ1) is 11.8. The number of aliphatic hydroxyl groups is 1. The molecule has 3 rings (SSSR count). The Hall–Kier alpha value is -1.86. The highest BCUT2D eigenvalue weighted by Gasteiger charge is 2.28. The van der Waals surface area contributed by atoms with Crippen molar-refractivity contribution in [1.29, 1.82) is 0 Å². The van der Waals surface area contributed by atoms with E-state index in [-0.39, 0.29) is 0 Å². The van der Waals surface area contributed by atoms with E-state index in [1.165, 1.54) is 0 Å². The normalized spacial score (nSPS) is 21.4. The molecular weight excluding hydrogens is 304 g/mol. The van der Waals surface area contributed by atoms with Gasteiger partial charge in [0, 0.05) is 44.4 Å². The van der Waals surface area contributed by atoms with Gasteiger partial charge in [-0.3, -0.25) is 0 Å². The first-order valence-corrected chi connectivity index (χ1v) is 8.34. The van der Waals surface area contributed by atoms with Crippen LogP contribution in [0.2, 0.25) is 0 Å². The molecule has 128 valence electrons. The van der Waals surface area contributed by atoms with Gasteiger partial charge in [-0.2, -0.15) is 0 Å². The molecule has 0 unspecified atom stereocenters. The Morgan fingerprint density at radius 3 is 3.00 bits per heavy atom. The Morgan fingerprint density at radius 1 is 1.25 bits per heavy atom. The van der Waals surface area contributed by atoms with Gasteiger partial charge < -0.3 is 20.5 Å². The fraction of sp³-hybridized carbons (Fsp3) is 0.444. The van der Waals surface area contributed by atoms with Crippen molar-refractivity contribution in [2.45, 2.75) is 12.0 Å². The number of nitrogens with zero attached hydrogens (tertiary/aromatic N) is 2. The molecule has 1 aliphatic rings. The lowest BCUT2D eigenvalue weighted by molar-refractivity contribution is -0.0260. The van der Waals surface area contributed by atoms with Gasteiger partial charge in [-0.15, -0.1) is 0 Å². The summed E-state index contributed by atoms with van der Waals surface area (Å²) in [6.45, 7) is 3.51. The van der Waals surface area contributed by atoms with Gasteiger partial charge in [-0.1, -0.05) is 30.3 Å². The number of rotatable bonds is 6. The van der Waals surface area contributed by atoms with Crippen LogP contribution in [-0.2, 0) is 11.2 Å². The zero-order valence-electron chi connectivity index (χ0n) is 13.7. The van der Waals surface area contributed by atoms with E-state index in [1.54, 1.807) is 6.20 Å². The van der Waals surface area contributed by atoms with Crippen LogP contribution in [0.3, 0.4) is 0 Å². The van der Waals surface area contributed by atoms with Crippen molar-refractivity contribution in [2.24, 2.45) is 0 Å². The maximum atomic E-state index is 10.5. The molecule has 2 heterocycles. The average Bonchev–Trinajstić information content (AvgIpc) is 2.85. The van der Waals surface area contributed by atoms with Crippen LogP contribution in [0.4, 0.5) is 0 Å². The molecule has 0 aliphatic carbocycles. The molecule has 0 amide bonds. The van der Waals surface area contributed by atoms with Crippen LogP contribution >= 0.6 is 0 Å². The summed E-state index contributed by atoms with van der Waals surface area (Å²) in [5, 5.41) is 16.9. The van der Waals surface area contributed by atoms with E-state index in [0.717, 1.165) is 23.6 Å². The minimum absolute atomic E-state index is 0.354. The topological polar surface area (TPSA) is 79.3 Å². The molecule has 1 aromatic heterocycles. The number of nitrogens with one attached hydrogen (secondary N) is 2. The smallest absolute Gasteiger partial charge is 0.130 e. The van der Waals surface area contributed by atoms with E-state index < -0.39 is 5.60 Å². The highest BCUT2D eigenvalue weighted by atomic mass is 16.5. The van der Waals surface area contributed by atoms with Crippen LogP contribution in [0.25, 0.3) is 11.3 Å². The third kappa shape index (κ3) is 4.82. The molecule has 0 spiro atoms. The summed E-state index contributed by atoms with van der Waals surface area (Å²) in [5.41, 5.74) is 1.16. The van der Waals surface area contributed by atoms with Crippen LogP contribution < -0.4 is 10.6 Å². The Morgan fingerprint density at radius 2 is 2.12 bits per heavy atom. The van der Waals surface area contributed by atoms with E-state index in [9.17, 15) is 5.11 Å². The predicted molar refractivity (Wildman–Crippen MR) is 92.7 cm³/mol. The minimum Gasteiger partial charge on any atom is -0.385 e. The fourth-order valence-corrected chi connectivity index (χ4v) is 2.70. The van der Waals surface area contributed by atoms with E-state index in [2.05, 4.69) is 20.6 Å². The standard InChI is InChI=1S/C18H24N4O2/c23-18(13-20-10-11-24-14-18)12-19-8-7-17-21-9-6-16(22-17)15-4-2-1-3-5-15/h1-6,9,19-20,23H,7-8,10-14H2/t18-/m0/s1. The second-order valence-electron chi connectivity index (χ2n) is 6.10. The van der Waals surface area contributed by atoms with Crippen LogP contribution in [0, 0.1) is 0 Å². The van der Waals surface area contributed by atoms with Crippen molar-refractivity contribution in [3.8, 4) is 11.3 Å². The molecule has 1 fully saturated rings. The lowest BCUT2D eigenvalue weighted by atomic mass is 10.1. The number of hydrogen-bond donors (Lipinski definition) is 3. The molecule has 3 N–H and O–H groups in total. The van der Waals surface area contributed by atoms with E-state index in [4.69, 9.17) is 4.74 Å². The summed E-state index contributed by atoms with van der Waals surface area (Å²) in [7, 11) is 0. The fourth-order valence-electron chi connectivity index (χ4n) is 2.70. The first-order valence-electron chi connectivity index (χ1n) is 8.34. The average molecular weight is 328 g/mol. The van der Waals surface area contributed by atoms with Gasteiger partial charge in [0.1, 0.15) is 11.4 Å². The quantitative estimate of drug-likeness (QED) is 0.675. The minimum atomic E-state index is -0.858. The maximum Gasteiger partial charge on any atom is 0.130 e. The van der Waals surface area contributed by atoms with E-state index in [1.807, 2.05) is 36.4 Å². The summed E-state index contributed by atoms with van der Waals surface area (Å²) < 4.78 is 5.41. The monoisotopic (exact) mass is 328 g/mol. The van der Waals surface area contributed by atoms with E-state index in [0.29, 0.717) is 39.3 Å². The second kappa shape index (κ2) is 8.30. The van der Waals surface area contributed by atoms with Crippen molar-refractivity contribution < 1.29 is 9.84 Å². The van der Waals surface area contributed by atoms with Crippen molar-refractivity contribution in [2.75, 3.05) is 39.4 Å². The third-order valence-electron chi connectivity index (χ3n) is 4.00. The van der Waals surface area contributed by atoms with Gasteiger partial charge in [-0.05, 0) is 6.07 Å². The van der Waals surface area contributed by atoms with Gasteiger partial charge in [0.2, 0.25) is 0 Å². The van der Waals surface area contributed by atoms with Gasteiger partial charge in [-0.25, -0.2) is 9.97 Å². The summed E-state index contributed by atoms with van der Waals surface area (Å²) in [4.78, 5) is 8.94. The molecule has 1 aromatic carbocycles. The van der Waals surface area contributed by atoms with Crippen LogP contribution in [0.1, 0.15) is 5.82 Å². The summed E-state index contributed by atoms with van der Waals surface area (Å²) in [6.07, 6.45) is 2.51.